The number of hydrogen-bond donors (Lipinski definition) is 2. The molecule has 0 aliphatic heterocycles. The van der Waals surface area contributed by atoms with Crippen LogP contribution in [0.3, 0.4) is 0 Å². The van der Waals surface area contributed by atoms with Crippen LogP contribution in [0.2, 0.25) is 0 Å². The van der Waals surface area contributed by atoms with Crippen LogP contribution in [0.25, 0.3) is 11.5 Å². The van der Waals surface area contributed by atoms with Crippen LogP contribution in [0.4, 0.5) is 0 Å². The van der Waals surface area contributed by atoms with E-state index in [2.05, 4.69) is 20.3 Å². The molecule has 2 N–H and O–H groups in total. The largest absolute Gasteiger partial charge is 0.497 e. The first kappa shape index (κ1) is 25.0. The summed E-state index contributed by atoms with van der Waals surface area (Å²) in [6, 6.07) is 18.9. The van der Waals surface area contributed by atoms with Gasteiger partial charge in [-0.25, -0.2) is 4.98 Å². The molecule has 2 aromatic heterocycles. The summed E-state index contributed by atoms with van der Waals surface area (Å²) < 4.78 is 22.7. The quantitative estimate of drug-likeness (QED) is 0.329. The molecule has 2 unspecified atom stereocenters. The lowest BCUT2D eigenvalue weighted by atomic mass is 9.98. The van der Waals surface area contributed by atoms with Gasteiger partial charge in [0.1, 0.15) is 17.0 Å². The van der Waals surface area contributed by atoms with Crippen molar-refractivity contribution in [3.8, 4) is 23.1 Å². The lowest BCUT2D eigenvalue weighted by Gasteiger charge is -2.21. The second-order valence-electron chi connectivity index (χ2n) is 7.67. The lowest BCUT2D eigenvalue weighted by Crippen LogP contribution is -2.30. The van der Waals surface area contributed by atoms with Crippen LogP contribution in [0.5, 0.6) is 11.6 Å². The Kier molecular flexibility index (Phi) is 8.05. The van der Waals surface area contributed by atoms with Gasteiger partial charge in [0.25, 0.3) is 5.91 Å². The van der Waals surface area contributed by atoms with E-state index in [0.29, 0.717) is 23.4 Å². The van der Waals surface area contributed by atoms with Gasteiger partial charge in [-0.15, -0.1) is 0 Å². The van der Waals surface area contributed by atoms with Crippen LogP contribution in [0, 0.1) is 0 Å². The molecule has 0 aliphatic rings. The lowest BCUT2D eigenvalue weighted by molar-refractivity contribution is 0.0939. The van der Waals surface area contributed by atoms with Crippen molar-refractivity contribution in [1.82, 2.24) is 20.3 Å². The maximum absolute atomic E-state index is 13.2. The number of ether oxygens (including phenoxy) is 1. The van der Waals surface area contributed by atoms with E-state index in [1.54, 1.807) is 74.8 Å². The second kappa shape index (κ2) is 11.6. The van der Waals surface area contributed by atoms with Crippen molar-refractivity contribution in [3.05, 3.63) is 95.8 Å². The highest BCUT2D eigenvalue weighted by atomic mass is 31.1. The Bertz CT molecular complexity index is 1350. The molecule has 184 valence electrons. The van der Waals surface area contributed by atoms with Gasteiger partial charge in [-0.1, -0.05) is 30.3 Å². The first-order valence-electron chi connectivity index (χ1n) is 11.2. The molecule has 0 fully saturated rings. The van der Waals surface area contributed by atoms with Gasteiger partial charge in [-0.2, -0.15) is 4.98 Å². The summed E-state index contributed by atoms with van der Waals surface area (Å²) in [5.41, 5.74) is 1.92. The normalized spacial score (nSPS) is 12.5. The van der Waals surface area contributed by atoms with Crippen LogP contribution in [0.1, 0.15) is 34.5 Å². The number of rotatable bonds is 9. The van der Waals surface area contributed by atoms with Gasteiger partial charge < -0.3 is 19.7 Å². The molecule has 0 bridgehead atoms. The number of hydrogen-bond acceptors (Lipinski definition) is 8. The van der Waals surface area contributed by atoms with Crippen LogP contribution >= 0.6 is 8.03 Å². The number of benzene rings is 2. The summed E-state index contributed by atoms with van der Waals surface area (Å²) >= 11 is 0. The van der Waals surface area contributed by atoms with Gasteiger partial charge in [-0.3, -0.25) is 14.3 Å². The van der Waals surface area contributed by atoms with E-state index in [-0.39, 0.29) is 11.4 Å². The van der Waals surface area contributed by atoms with E-state index in [9.17, 15) is 14.5 Å². The van der Waals surface area contributed by atoms with Crippen LogP contribution in [-0.2, 0) is 9.09 Å². The fraction of sp³-hybridized carbons (Fsp3) is 0.154. The highest BCUT2D eigenvalue weighted by Gasteiger charge is 2.22. The summed E-state index contributed by atoms with van der Waals surface area (Å²) in [5.74, 6) is -0.141. The summed E-state index contributed by atoms with van der Waals surface area (Å²) in [4.78, 5) is 25.6. The predicted octanol–water partition coefficient (Wildman–Crippen LogP) is 3.91. The van der Waals surface area contributed by atoms with E-state index in [1.807, 2.05) is 12.1 Å². The summed E-state index contributed by atoms with van der Waals surface area (Å²) in [5, 5.41) is 14.0. The number of amides is 1. The van der Waals surface area contributed by atoms with Gasteiger partial charge in [-0.05, 0) is 54.4 Å². The minimum absolute atomic E-state index is 0.0776. The smallest absolute Gasteiger partial charge is 0.259 e. The molecule has 0 saturated heterocycles. The highest BCUT2D eigenvalue weighted by molar-refractivity contribution is 7.48. The minimum atomic E-state index is -2.34. The Labute approximate surface area is 209 Å². The first-order valence-corrected chi connectivity index (χ1v) is 12.5. The number of nitrogens with zero attached hydrogens (tertiary/aromatic N) is 3. The second-order valence-corrected chi connectivity index (χ2v) is 9.11. The van der Waals surface area contributed by atoms with Crippen molar-refractivity contribution in [1.29, 1.82) is 0 Å². The third kappa shape index (κ3) is 5.76. The molecular formula is C26H25N4O5P. The molecule has 10 heteroatoms. The van der Waals surface area contributed by atoms with E-state index < -0.39 is 25.9 Å². The zero-order chi connectivity index (χ0) is 25.5. The van der Waals surface area contributed by atoms with Gasteiger partial charge in [0.2, 0.25) is 13.9 Å². The van der Waals surface area contributed by atoms with E-state index in [0.717, 1.165) is 11.1 Å². The van der Waals surface area contributed by atoms with E-state index in [4.69, 9.17) is 9.26 Å². The standard InChI is InChI=1S/C26H25N4O5P/c1-3-35-36(33)20-13-9-18(10-14-20)23(17-7-11-19(34-2)12-8-17)29-25(31)21-16-28-24(30-26(21)32)22-6-4-5-15-27-22/h4-16,23,36H,3H2,1-2H3,(H,29,31)(H,28,30,32). The molecule has 2 atom stereocenters. The van der Waals surface area contributed by atoms with Crippen molar-refractivity contribution >= 4 is 19.2 Å². The maximum Gasteiger partial charge on any atom is 0.259 e. The number of carbonyl (C=O) groups excluding carboxylic acids is 1. The van der Waals surface area contributed by atoms with Crippen LogP contribution in [0.15, 0.2) is 79.1 Å². The zero-order valence-corrected chi connectivity index (χ0v) is 20.7. The van der Waals surface area contributed by atoms with Crippen LogP contribution < -0.4 is 15.4 Å². The molecule has 1 amide bonds. The summed E-state index contributed by atoms with van der Waals surface area (Å²) in [6.45, 7) is 2.14. The average molecular weight is 504 g/mol. The number of methoxy groups -OCH3 is 1. The number of nitrogens with one attached hydrogen (secondary N) is 1. The molecule has 0 aliphatic carbocycles. The molecule has 36 heavy (non-hydrogen) atoms. The number of aromatic nitrogens is 3. The topological polar surface area (TPSA) is 124 Å². The molecule has 9 nitrogen and oxygen atoms in total. The number of pyridine rings is 1. The SMILES string of the molecule is CCO[PH](=O)c1ccc(C(NC(=O)c2cnc(-c3ccccn3)nc2O)c2ccc(OC)cc2)cc1. The Morgan fingerprint density at radius 1 is 1.03 bits per heavy atom. The van der Waals surface area contributed by atoms with Gasteiger partial charge in [0.05, 0.1) is 19.8 Å². The Balaban J connectivity index is 1.63. The third-order valence-electron chi connectivity index (χ3n) is 5.39. The van der Waals surface area contributed by atoms with Gasteiger partial charge in [0, 0.05) is 17.7 Å². The summed E-state index contributed by atoms with van der Waals surface area (Å²) in [6.07, 6.45) is 2.86. The average Bonchev–Trinajstić information content (AvgIpc) is 2.92. The van der Waals surface area contributed by atoms with Gasteiger partial charge in [0.15, 0.2) is 5.82 Å². The third-order valence-corrected chi connectivity index (χ3v) is 6.74. The minimum Gasteiger partial charge on any atom is -0.497 e. The van der Waals surface area contributed by atoms with Crippen molar-refractivity contribution in [2.75, 3.05) is 13.7 Å². The molecule has 0 radical (unpaired) electrons. The number of aromatic hydroxyl groups is 1. The Morgan fingerprint density at radius 3 is 2.31 bits per heavy atom. The number of carbonyl (C=O) groups is 1. The monoisotopic (exact) mass is 504 g/mol. The predicted molar refractivity (Wildman–Crippen MR) is 136 cm³/mol. The Morgan fingerprint density at radius 2 is 1.72 bits per heavy atom. The fourth-order valence-electron chi connectivity index (χ4n) is 3.54. The fourth-order valence-corrected chi connectivity index (χ4v) is 4.41. The van der Waals surface area contributed by atoms with Crippen molar-refractivity contribution in [2.45, 2.75) is 13.0 Å². The highest BCUT2D eigenvalue weighted by Crippen LogP contribution is 2.28. The zero-order valence-electron chi connectivity index (χ0n) is 19.7. The van der Waals surface area contributed by atoms with Crippen molar-refractivity contribution < 1.29 is 23.7 Å². The van der Waals surface area contributed by atoms with Gasteiger partial charge >= 0.3 is 0 Å². The molecule has 4 rings (SSSR count). The van der Waals surface area contributed by atoms with E-state index >= 15 is 0 Å². The first-order chi connectivity index (χ1) is 17.5. The molecule has 0 spiro atoms. The van der Waals surface area contributed by atoms with Crippen molar-refractivity contribution in [2.24, 2.45) is 0 Å². The molecule has 0 saturated carbocycles. The van der Waals surface area contributed by atoms with E-state index in [1.165, 1.54) is 6.20 Å². The summed E-state index contributed by atoms with van der Waals surface area (Å²) in [7, 11) is -0.765. The maximum atomic E-state index is 13.2. The van der Waals surface area contributed by atoms with Crippen molar-refractivity contribution in [3.63, 3.8) is 0 Å². The van der Waals surface area contributed by atoms with Crippen LogP contribution in [-0.4, -0.2) is 39.7 Å². The molecule has 2 heterocycles. The molecule has 2 aromatic carbocycles. The molecular weight excluding hydrogens is 479 g/mol. The Hall–Kier alpha value is -4.07. The molecule has 4 aromatic rings.